The molecule has 0 aliphatic carbocycles. The van der Waals surface area contributed by atoms with E-state index in [0.29, 0.717) is 5.54 Å². The summed E-state index contributed by atoms with van der Waals surface area (Å²) < 4.78 is 0. The number of aryl methyl sites for hydroxylation is 1. The van der Waals surface area contributed by atoms with E-state index in [4.69, 9.17) is 11.1 Å². The lowest BCUT2D eigenvalue weighted by atomic mass is 10.2. The van der Waals surface area contributed by atoms with Crippen molar-refractivity contribution in [3.63, 3.8) is 0 Å². The van der Waals surface area contributed by atoms with Crippen LogP contribution >= 0.6 is 11.1 Å². The standard InChI is InChI=1S/C10H15ClSi/c1-8(2)12(11)10-7-5-4-6-9(10)3/h4-8,12H,1-3H3. The Morgan fingerprint density at radius 1 is 1.25 bits per heavy atom. The van der Waals surface area contributed by atoms with E-state index in [1.54, 1.807) is 0 Å². The van der Waals surface area contributed by atoms with Crippen molar-refractivity contribution in [3.05, 3.63) is 29.8 Å². The van der Waals surface area contributed by atoms with Crippen molar-refractivity contribution >= 4 is 24.4 Å². The predicted octanol–water partition coefficient (Wildman–Crippen LogP) is 2.57. The maximum atomic E-state index is 6.39. The molecule has 0 saturated carbocycles. The maximum absolute atomic E-state index is 6.39. The summed E-state index contributed by atoms with van der Waals surface area (Å²) in [5.74, 6) is 0. The molecule has 2 heteroatoms. The highest BCUT2D eigenvalue weighted by molar-refractivity contribution is 7.15. The van der Waals surface area contributed by atoms with Gasteiger partial charge in [0, 0.05) is 0 Å². The van der Waals surface area contributed by atoms with Crippen LogP contribution in [0.5, 0.6) is 0 Å². The van der Waals surface area contributed by atoms with E-state index in [1.165, 1.54) is 10.8 Å². The Bertz CT molecular complexity index is 258. The van der Waals surface area contributed by atoms with Crippen LogP contribution in [0.25, 0.3) is 0 Å². The number of benzene rings is 1. The molecule has 0 N–H and O–H groups in total. The summed E-state index contributed by atoms with van der Waals surface area (Å²) >= 11 is 6.39. The first-order valence-corrected chi connectivity index (χ1v) is 7.31. The number of hydrogen-bond acceptors (Lipinski definition) is 0. The molecule has 0 heterocycles. The van der Waals surface area contributed by atoms with Crippen LogP contribution in [0.1, 0.15) is 19.4 Å². The molecule has 1 unspecified atom stereocenters. The summed E-state index contributed by atoms with van der Waals surface area (Å²) in [6, 6.07) is 8.45. The summed E-state index contributed by atoms with van der Waals surface area (Å²) in [6.07, 6.45) is 0. The van der Waals surface area contributed by atoms with Gasteiger partial charge in [-0.2, -0.15) is 11.1 Å². The van der Waals surface area contributed by atoms with Gasteiger partial charge in [-0.25, -0.2) is 0 Å². The Hall–Kier alpha value is -0.273. The Morgan fingerprint density at radius 3 is 2.33 bits per heavy atom. The van der Waals surface area contributed by atoms with Crippen LogP contribution < -0.4 is 5.19 Å². The highest BCUT2D eigenvalue weighted by Gasteiger charge is 2.15. The molecule has 0 radical (unpaired) electrons. The molecule has 0 spiro atoms. The summed E-state index contributed by atoms with van der Waals surface area (Å²) in [5, 5.41) is 1.40. The van der Waals surface area contributed by atoms with Gasteiger partial charge in [-0.15, -0.1) is 0 Å². The molecule has 0 aromatic heterocycles. The lowest BCUT2D eigenvalue weighted by molar-refractivity contribution is 1.06. The second-order valence-electron chi connectivity index (χ2n) is 3.50. The van der Waals surface area contributed by atoms with E-state index in [9.17, 15) is 0 Å². The number of hydrogen-bond donors (Lipinski definition) is 0. The molecule has 1 aromatic carbocycles. The highest BCUT2D eigenvalue weighted by Crippen LogP contribution is 2.12. The summed E-state index contributed by atoms with van der Waals surface area (Å²) in [7, 11) is -1.20. The van der Waals surface area contributed by atoms with Gasteiger partial charge in [0.25, 0.3) is 0 Å². The first-order valence-electron chi connectivity index (χ1n) is 4.32. The minimum absolute atomic E-state index is 0.632. The predicted molar refractivity (Wildman–Crippen MR) is 58.9 cm³/mol. The molecule has 0 amide bonds. The third-order valence-corrected chi connectivity index (χ3v) is 6.70. The third kappa shape index (κ3) is 2.11. The first kappa shape index (κ1) is 9.81. The molecule has 1 rings (SSSR count). The molecular weight excluding hydrogens is 184 g/mol. The van der Waals surface area contributed by atoms with Gasteiger partial charge in [-0.05, 0) is 17.7 Å². The minimum Gasteiger partial charge on any atom is -0.165 e. The molecule has 0 aliphatic rings. The zero-order valence-electron chi connectivity index (χ0n) is 7.84. The van der Waals surface area contributed by atoms with Crippen molar-refractivity contribution in [2.45, 2.75) is 26.3 Å². The van der Waals surface area contributed by atoms with Gasteiger partial charge in [-0.3, -0.25) is 0 Å². The molecule has 0 nitrogen and oxygen atoms in total. The SMILES string of the molecule is Cc1ccccc1[SiH](Cl)C(C)C. The monoisotopic (exact) mass is 198 g/mol. The van der Waals surface area contributed by atoms with Crippen molar-refractivity contribution in [2.75, 3.05) is 0 Å². The maximum Gasteiger partial charge on any atom is 0.174 e. The van der Waals surface area contributed by atoms with Crippen LogP contribution in [0, 0.1) is 6.92 Å². The van der Waals surface area contributed by atoms with Gasteiger partial charge in [-0.1, -0.05) is 43.7 Å². The Balaban J connectivity index is 2.94. The quantitative estimate of drug-likeness (QED) is 0.506. The molecular formula is C10H15ClSi. The fraction of sp³-hybridized carbons (Fsp3) is 0.400. The Kier molecular flexibility index (Phi) is 3.36. The highest BCUT2D eigenvalue weighted by atomic mass is 35.6. The van der Waals surface area contributed by atoms with E-state index in [1.807, 2.05) is 0 Å². The molecule has 1 atom stereocenters. The Morgan fingerprint density at radius 2 is 1.83 bits per heavy atom. The van der Waals surface area contributed by atoms with Gasteiger partial charge in [0.05, 0.1) is 0 Å². The molecule has 66 valence electrons. The molecule has 0 saturated heterocycles. The van der Waals surface area contributed by atoms with Crippen LogP contribution in [0.2, 0.25) is 5.54 Å². The molecule has 0 bridgehead atoms. The molecule has 0 aliphatic heterocycles. The normalized spacial score (nSPS) is 13.4. The van der Waals surface area contributed by atoms with E-state index in [2.05, 4.69) is 45.0 Å². The van der Waals surface area contributed by atoms with E-state index in [-0.39, 0.29) is 0 Å². The van der Waals surface area contributed by atoms with Gasteiger partial charge >= 0.3 is 0 Å². The van der Waals surface area contributed by atoms with Crippen LogP contribution in [0.4, 0.5) is 0 Å². The fourth-order valence-corrected chi connectivity index (χ4v) is 3.53. The number of halogens is 1. The zero-order valence-corrected chi connectivity index (χ0v) is 9.75. The van der Waals surface area contributed by atoms with Crippen molar-refractivity contribution < 1.29 is 0 Å². The topological polar surface area (TPSA) is 0 Å². The largest absolute Gasteiger partial charge is 0.174 e. The van der Waals surface area contributed by atoms with E-state index < -0.39 is 8.11 Å². The molecule has 0 fully saturated rings. The molecule has 1 aromatic rings. The van der Waals surface area contributed by atoms with Gasteiger partial charge in [0.15, 0.2) is 8.11 Å². The van der Waals surface area contributed by atoms with E-state index >= 15 is 0 Å². The molecule has 12 heavy (non-hydrogen) atoms. The lowest BCUT2D eigenvalue weighted by Gasteiger charge is -2.13. The van der Waals surface area contributed by atoms with Gasteiger partial charge in [0.1, 0.15) is 0 Å². The Labute approximate surface area is 80.9 Å². The van der Waals surface area contributed by atoms with Crippen LogP contribution in [0.3, 0.4) is 0 Å². The average molecular weight is 199 g/mol. The number of rotatable bonds is 2. The first-order chi connectivity index (χ1) is 5.63. The van der Waals surface area contributed by atoms with Crippen molar-refractivity contribution in [2.24, 2.45) is 0 Å². The average Bonchev–Trinajstić information content (AvgIpc) is 2.04. The second kappa shape index (κ2) is 4.10. The lowest BCUT2D eigenvalue weighted by Crippen LogP contribution is -2.29. The van der Waals surface area contributed by atoms with Crippen LogP contribution in [-0.4, -0.2) is 8.11 Å². The van der Waals surface area contributed by atoms with Crippen LogP contribution in [-0.2, 0) is 0 Å². The fourth-order valence-electron chi connectivity index (χ4n) is 1.26. The summed E-state index contributed by atoms with van der Waals surface area (Å²) in [6.45, 7) is 6.55. The van der Waals surface area contributed by atoms with Crippen molar-refractivity contribution in [3.8, 4) is 0 Å². The summed E-state index contributed by atoms with van der Waals surface area (Å²) in [5.41, 5.74) is 1.98. The minimum atomic E-state index is -1.20. The second-order valence-corrected chi connectivity index (χ2v) is 7.67. The van der Waals surface area contributed by atoms with Crippen LogP contribution in [0.15, 0.2) is 24.3 Å². The zero-order chi connectivity index (χ0) is 9.14. The van der Waals surface area contributed by atoms with E-state index in [0.717, 1.165) is 0 Å². The van der Waals surface area contributed by atoms with Gasteiger partial charge in [0.2, 0.25) is 0 Å². The van der Waals surface area contributed by atoms with Gasteiger partial charge < -0.3 is 0 Å². The third-order valence-electron chi connectivity index (χ3n) is 2.07. The van der Waals surface area contributed by atoms with Crippen molar-refractivity contribution in [1.82, 2.24) is 0 Å². The summed E-state index contributed by atoms with van der Waals surface area (Å²) in [4.78, 5) is 0. The van der Waals surface area contributed by atoms with Crippen molar-refractivity contribution in [1.29, 1.82) is 0 Å². The smallest absolute Gasteiger partial charge is 0.165 e.